The first-order chi connectivity index (χ1) is 18.0. The van der Waals surface area contributed by atoms with E-state index in [-0.39, 0.29) is 17.7 Å². The molecule has 0 aliphatic carbocycles. The SMILES string of the molecule is COC(=O)OC[C@H]1O[C@@](O)(Oc2cc(C)cc(O)c2C(=O)CCc2ccc3occc3c2)[C@H](O)[C@@H](O)[C@@H]1O. The summed E-state index contributed by atoms with van der Waals surface area (Å²) in [5.41, 5.74) is 1.71. The number of hydrogen-bond donors (Lipinski definition) is 5. The molecule has 0 unspecified atom stereocenters. The van der Waals surface area contributed by atoms with Crippen molar-refractivity contribution in [3.05, 3.63) is 59.4 Å². The van der Waals surface area contributed by atoms with Crippen LogP contribution >= 0.6 is 0 Å². The number of ketones is 1. The molecule has 2 aromatic carbocycles. The Morgan fingerprint density at radius 2 is 1.84 bits per heavy atom. The van der Waals surface area contributed by atoms with Gasteiger partial charge in [-0.1, -0.05) is 6.07 Å². The number of aliphatic hydroxyl groups is 4. The predicted molar refractivity (Wildman–Crippen MR) is 129 cm³/mol. The molecule has 1 aliphatic heterocycles. The van der Waals surface area contributed by atoms with Gasteiger partial charge in [0.1, 0.15) is 47.6 Å². The molecule has 4 rings (SSSR count). The number of aromatic hydroxyl groups is 1. The van der Waals surface area contributed by atoms with Gasteiger partial charge in [0.05, 0.1) is 13.4 Å². The van der Waals surface area contributed by atoms with Crippen LogP contribution in [-0.2, 0) is 20.6 Å². The molecular formula is C26H28O12. The van der Waals surface area contributed by atoms with Crippen LogP contribution in [0.2, 0.25) is 0 Å². The Kier molecular flexibility index (Phi) is 7.90. The molecule has 0 spiro atoms. The topological polar surface area (TPSA) is 185 Å². The Bertz CT molecular complexity index is 1320. The highest BCUT2D eigenvalue weighted by Gasteiger charge is 2.56. The molecule has 12 heteroatoms. The monoisotopic (exact) mass is 532 g/mol. The van der Waals surface area contributed by atoms with E-state index >= 15 is 0 Å². The maximum Gasteiger partial charge on any atom is 0.508 e. The van der Waals surface area contributed by atoms with E-state index in [4.69, 9.17) is 18.6 Å². The number of benzene rings is 2. The Labute approximate surface area is 216 Å². The van der Waals surface area contributed by atoms with Crippen molar-refractivity contribution < 1.29 is 58.5 Å². The molecule has 1 saturated heterocycles. The average Bonchev–Trinajstić information content (AvgIpc) is 3.35. The van der Waals surface area contributed by atoms with Gasteiger partial charge in [-0.25, -0.2) is 4.79 Å². The molecule has 1 aromatic heterocycles. The zero-order valence-corrected chi connectivity index (χ0v) is 20.6. The van der Waals surface area contributed by atoms with Gasteiger partial charge in [0.2, 0.25) is 0 Å². The van der Waals surface area contributed by atoms with Crippen LogP contribution in [0.25, 0.3) is 11.0 Å². The average molecular weight is 532 g/mol. The molecule has 0 saturated carbocycles. The quantitative estimate of drug-likeness (QED) is 0.160. The molecule has 204 valence electrons. The molecule has 5 atom stereocenters. The summed E-state index contributed by atoms with van der Waals surface area (Å²) in [4.78, 5) is 24.5. The first-order valence-electron chi connectivity index (χ1n) is 11.7. The number of phenolic OH excluding ortho intramolecular Hbond substituents is 1. The fraction of sp³-hybridized carbons (Fsp3) is 0.385. The Morgan fingerprint density at radius 3 is 2.58 bits per heavy atom. The highest BCUT2D eigenvalue weighted by atomic mass is 16.8. The molecular weight excluding hydrogens is 504 g/mol. The second-order valence-corrected chi connectivity index (χ2v) is 8.95. The summed E-state index contributed by atoms with van der Waals surface area (Å²) in [6.07, 6.45) is -6.82. The van der Waals surface area contributed by atoms with Gasteiger partial charge in [0.25, 0.3) is 0 Å². The molecule has 3 aromatic rings. The van der Waals surface area contributed by atoms with E-state index in [1.165, 1.54) is 12.1 Å². The molecule has 0 amide bonds. The minimum atomic E-state index is -3.00. The van der Waals surface area contributed by atoms with E-state index in [9.17, 15) is 35.1 Å². The van der Waals surface area contributed by atoms with Crippen molar-refractivity contribution in [1.82, 2.24) is 0 Å². The zero-order chi connectivity index (χ0) is 27.6. The summed E-state index contributed by atoms with van der Waals surface area (Å²) in [5.74, 6) is -4.31. The molecule has 0 radical (unpaired) electrons. The number of carbonyl (C=O) groups is 2. The van der Waals surface area contributed by atoms with Crippen molar-refractivity contribution in [3.8, 4) is 11.5 Å². The van der Waals surface area contributed by atoms with Crippen LogP contribution in [0.3, 0.4) is 0 Å². The van der Waals surface area contributed by atoms with Gasteiger partial charge >= 0.3 is 12.1 Å². The lowest BCUT2D eigenvalue weighted by atomic mass is 9.97. The van der Waals surface area contributed by atoms with Crippen LogP contribution in [0.15, 0.2) is 47.1 Å². The summed E-state index contributed by atoms with van der Waals surface area (Å²) in [5, 5.41) is 53.4. The smallest absolute Gasteiger partial charge is 0.507 e. The van der Waals surface area contributed by atoms with E-state index in [0.717, 1.165) is 18.1 Å². The number of methoxy groups -OCH3 is 1. The minimum absolute atomic E-state index is 0.0465. The number of rotatable bonds is 8. The number of aliphatic hydroxyl groups excluding tert-OH is 3. The van der Waals surface area contributed by atoms with Crippen molar-refractivity contribution in [2.75, 3.05) is 13.7 Å². The molecule has 1 fully saturated rings. The molecule has 1 aliphatic rings. The first kappa shape index (κ1) is 27.4. The Morgan fingerprint density at radius 1 is 1.08 bits per heavy atom. The number of fused-ring (bicyclic) bond motifs is 1. The van der Waals surface area contributed by atoms with Gasteiger partial charge in [0, 0.05) is 11.8 Å². The van der Waals surface area contributed by atoms with Gasteiger partial charge in [0.15, 0.2) is 11.9 Å². The zero-order valence-electron chi connectivity index (χ0n) is 20.6. The van der Waals surface area contributed by atoms with Gasteiger partial charge in [-0.05, 0) is 54.8 Å². The van der Waals surface area contributed by atoms with Crippen LogP contribution in [-0.4, -0.2) is 81.6 Å². The lowest BCUT2D eigenvalue weighted by molar-refractivity contribution is -0.422. The summed E-state index contributed by atoms with van der Waals surface area (Å²) in [7, 11) is 1.05. The minimum Gasteiger partial charge on any atom is -0.507 e. The summed E-state index contributed by atoms with van der Waals surface area (Å²) < 4.78 is 25.2. The third-order valence-corrected chi connectivity index (χ3v) is 6.20. The van der Waals surface area contributed by atoms with Crippen molar-refractivity contribution in [2.45, 2.75) is 50.2 Å². The lowest BCUT2D eigenvalue weighted by Crippen LogP contribution is -2.67. The number of hydrogen-bond acceptors (Lipinski definition) is 12. The fourth-order valence-electron chi connectivity index (χ4n) is 4.21. The second kappa shape index (κ2) is 11.0. The number of carbonyl (C=O) groups excluding carboxylic acids is 2. The van der Waals surface area contributed by atoms with Crippen LogP contribution in [0.4, 0.5) is 4.79 Å². The van der Waals surface area contributed by atoms with Gasteiger partial charge in [-0.2, -0.15) is 0 Å². The largest absolute Gasteiger partial charge is 0.508 e. The van der Waals surface area contributed by atoms with E-state index < -0.39 is 54.7 Å². The normalized spacial score (nSPS) is 25.2. The lowest BCUT2D eigenvalue weighted by Gasteiger charge is -2.44. The third kappa shape index (κ3) is 5.59. The van der Waals surface area contributed by atoms with Crippen LogP contribution in [0.1, 0.15) is 27.9 Å². The number of Topliss-reactive ketones (excluding diaryl/α,β-unsaturated/α-hetero) is 1. The summed E-state index contributed by atoms with van der Waals surface area (Å²) >= 11 is 0. The van der Waals surface area contributed by atoms with Crippen molar-refractivity contribution in [3.63, 3.8) is 0 Å². The molecule has 12 nitrogen and oxygen atoms in total. The highest BCUT2D eigenvalue weighted by molar-refractivity contribution is 6.01. The number of ether oxygens (including phenoxy) is 4. The maximum atomic E-state index is 13.2. The molecule has 2 heterocycles. The number of phenols is 1. The van der Waals surface area contributed by atoms with Crippen molar-refractivity contribution in [1.29, 1.82) is 0 Å². The van der Waals surface area contributed by atoms with Crippen molar-refractivity contribution >= 4 is 22.9 Å². The summed E-state index contributed by atoms with van der Waals surface area (Å²) in [6, 6.07) is 9.91. The van der Waals surface area contributed by atoms with Crippen molar-refractivity contribution in [2.24, 2.45) is 0 Å². The number of furan rings is 1. The predicted octanol–water partition coefficient (Wildman–Crippen LogP) is 1.55. The first-order valence-corrected chi connectivity index (χ1v) is 11.7. The van der Waals surface area contributed by atoms with E-state index in [1.807, 2.05) is 12.1 Å². The van der Waals surface area contributed by atoms with E-state index in [0.29, 0.717) is 17.6 Å². The Balaban J connectivity index is 1.57. The third-order valence-electron chi connectivity index (χ3n) is 6.20. The van der Waals surface area contributed by atoms with Gasteiger partial charge < -0.3 is 48.9 Å². The summed E-state index contributed by atoms with van der Waals surface area (Å²) in [6.45, 7) is 0.921. The van der Waals surface area contributed by atoms with Crippen LogP contribution in [0, 0.1) is 6.92 Å². The molecule has 0 bridgehead atoms. The van der Waals surface area contributed by atoms with Crippen LogP contribution in [0.5, 0.6) is 11.5 Å². The highest BCUT2D eigenvalue weighted by Crippen LogP contribution is 2.37. The van der Waals surface area contributed by atoms with Gasteiger partial charge in [-0.3, -0.25) is 4.79 Å². The standard InChI is InChI=1S/C26H28O12/c1-13-9-17(28)21(16(27)5-3-14-4-6-18-15(11-14)7-8-35-18)19(10-13)37-26(33)24(31)23(30)22(29)20(38-26)12-36-25(32)34-2/h4,6-11,20,22-24,28-31,33H,3,5,12H2,1-2H3/t20-,22-,23+,24-,26+/m1/s1. The Hall–Kier alpha value is -3.68. The molecule has 38 heavy (non-hydrogen) atoms. The van der Waals surface area contributed by atoms with Crippen LogP contribution < -0.4 is 4.74 Å². The second-order valence-electron chi connectivity index (χ2n) is 8.95. The number of aryl methyl sites for hydroxylation is 2. The molecule has 5 N–H and O–H groups in total. The van der Waals surface area contributed by atoms with E-state index in [2.05, 4.69) is 4.74 Å². The van der Waals surface area contributed by atoms with E-state index in [1.54, 1.807) is 25.3 Å². The fourth-order valence-corrected chi connectivity index (χ4v) is 4.21. The van der Waals surface area contributed by atoms with Gasteiger partial charge in [-0.15, -0.1) is 0 Å². The maximum absolute atomic E-state index is 13.2.